The van der Waals surface area contributed by atoms with Crippen LogP contribution in [0.1, 0.15) is 48.8 Å². The number of carbonyl (C=O) groups is 3. The van der Waals surface area contributed by atoms with Gasteiger partial charge in [0.1, 0.15) is 11.6 Å². The summed E-state index contributed by atoms with van der Waals surface area (Å²) in [5.41, 5.74) is 2.33. The summed E-state index contributed by atoms with van der Waals surface area (Å²) in [6.07, 6.45) is 8.33. The lowest BCUT2D eigenvalue weighted by molar-refractivity contribution is -0.142. The molecule has 5 unspecified atom stereocenters. The number of rotatable bonds is 6. The number of amides is 3. The third kappa shape index (κ3) is 4.55. The molecule has 5 atom stereocenters. The second-order valence-electron chi connectivity index (χ2n) is 11.4. The van der Waals surface area contributed by atoms with Crippen molar-refractivity contribution in [2.75, 3.05) is 5.32 Å². The van der Waals surface area contributed by atoms with Crippen LogP contribution >= 0.6 is 11.6 Å². The molecule has 3 fully saturated rings. The minimum atomic E-state index is -1.18. The minimum Gasteiger partial charge on any atom is -0.359 e. The molecule has 3 heterocycles. The van der Waals surface area contributed by atoms with E-state index < -0.39 is 29.6 Å². The van der Waals surface area contributed by atoms with Crippen LogP contribution in [0.25, 0.3) is 0 Å². The molecule has 3 amide bonds. The maximum atomic E-state index is 14.1. The lowest BCUT2D eigenvalue weighted by atomic mass is 9.74. The number of benzene rings is 2. The summed E-state index contributed by atoms with van der Waals surface area (Å²) in [6.45, 7) is 4.17. The van der Waals surface area contributed by atoms with Crippen LogP contribution in [0.2, 0.25) is 5.02 Å². The summed E-state index contributed by atoms with van der Waals surface area (Å²) < 4.78 is 6.46. The number of hydrogen-bond acceptors (Lipinski definition) is 4. The highest BCUT2D eigenvalue weighted by molar-refractivity contribution is 6.31. The number of hydrogen-bond donors (Lipinski definition) is 2. The van der Waals surface area contributed by atoms with Gasteiger partial charge in [0.05, 0.1) is 17.9 Å². The first-order valence-electron chi connectivity index (χ1n) is 13.9. The van der Waals surface area contributed by atoms with Gasteiger partial charge >= 0.3 is 0 Å². The fourth-order valence-corrected chi connectivity index (χ4v) is 6.93. The molecule has 4 aliphatic rings. The number of fused-ring (bicyclic) bond motifs is 1. The molecule has 3 aliphatic heterocycles. The van der Waals surface area contributed by atoms with E-state index >= 15 is 0 Å². The van der Waals surface area contributed by atoms with Gasteiger partial charge in [-0.25, -0.2) is 0 Å². The standard InChI is InChI=1S/C31H34ClN3O4/c1-18-8-11-20(12-9-18)17-35-27(29(37)33-21-6-4-3-5-7-21)31-15-14-24(39-31)25(26(31)30(35)38)28(36)34-22-13-10-19(2)23(32)16-22/h8-16,21,24-27H,3-7,17H2,1-2H3,(H,33,37)(H,34,36). The van der Waals surface area contributed by atoms with Crippen LogP contribution in [-0.2, 0) is 25.7 Å². The maximum Gasteiger partial charge on any atom is 0.246 e. The largest absolute Gasteiger partial charge is 0.359 e. The molecule has 1 aliphatic carbocycles. The Morgan fingerprint density at radius 3 is 2.51 bits per heavy atom. The van der Waals surface area contributed by atoms with Gasteiger partial charge in [-0.1, -0.05) is 78.9 Å². The van der Waals surface area contributed by atoms with Crippen LogP contribution in [0.4, 0.5) is 5.69 Å². The van der Waals surface area contributed by atoms with E-state index in [0.717, 1.165) is 42.4 Å². The van der Waals surface area contributed by atoms with Gasteiger partial charge in [0.25, 0.3) is 0 Å². The van der Waals surface area contributed by atoms with Crippen molar-refractivity contribution in [1.82, 2.24) is 10.2 Å². The summed E-state index contributed by atoms with van der Waals surface area (Å²) in [6, 6.07) is 12.5. The zero-order valence-corrected chi connectivity index (χ0v) is 23.0. The highest BCUT2D eigenvalue weighted by Crippen LogP contribution is 2.55. The fourth-order valence-electron chi connectivity index (χ4n) is 6.75. The number of ether oxygens (including phenoxy) is 1. The van der Waals surface area contributed by atoms with Crippen LogP contribution in [0.15, 0.2) is 54.6 Å². The molecule has 2 aromatic carbocycles. The van der Waals surface area contributed by atoms with Crippen molar-refractivity contribution in [3.05, 3.63) is 76.3 Å². The number of carbonyl (C=O) groups excluding carboxylic acids is 3. The van der Waals surface area contributed by atoms with Crippen LogP contribution in [-0.4, -0.2) is 46.4 Å². The van der Waals surface area contributed by atoms with E-state index in [0.29, 0.717) is 10.7 Å². The Balaban J connectivity index is 1.32. The molecular weight excluding hydrogens is 514 g/mol. The number of anilines is 1. The van der Waals surface area contributed by atoms with Crippen molar-refractivity contribution in [3.63, 3.8) is 0 Å². The molecule has 0 aromatic heterocycles. The molecule has 2 N–H and O–H groups in total. The Labute approximate surface area is 233 Å². The summed E-state index contributed by atoms with van der Waals surface area (Å²) in [5, 5.41) is 6.72. The predicted molar refractivity (Wildman–Crippen MR) is 149 cm³/mol. The molecule has 2 aromatic rings. The number of aryl methyl sites for hydroxylation is 2. The highest BCUT2D eigenvalue weighted by atomic mass is 35.5. The molecule has 6 rings (SSSR count). The average Bonchev–Trinajstić information content (AvgIpc) is 3.56. The van der Waals surface area contributed by atoms with E-state index in [9.17, 15) is 14.4 Å². The third-order valence-corrected chi connectivity index (χ3v) is 9.20. The summed E-state index contributed by atoms with van der Waals surface area (Å²) in [7, 11) is 0. The van der Waals surface area contributed by atoms with Crippen molar-refractivity contribution < 1.29 is 19.1 Å². The Morgan fingerprint density at radius 1 is 1.05 bits per heavy atom. The molecule has 204 valence electrons. The number of halogens is 1. The van der Waals surface area contributed by atoms with E-state index in [4.69, 9.17) is 16.3 Å². The molecule has 39 heavy (non-hydrogen) atoms. The van der Waals surface area contributed by atoms with Crippen molar-refractivity contribution in [2.45, 2.75) is 76.3 Å². The summed E-state index contributed by atoms with van der Waals surface area (Å²) in [4.78, 5) is 43.4. The van der Waals surface area contributed by atoms with Gasteiger partial charge in [0.15, 0.2) is 0 Å². The Hall–Kier alpha value is -3.16. The van der Waals surface area contributed by atoms with E-state index in [1.165, 1.54) is 6.42 Å². The Morgan fingerprint density at radius 2 is 1.79 bits per heavy atom. The fraction of sp³-hybridized carbons (Fsp3) is 0.452. The third-order valence-electron chi connectivity index (χ3n) is 8.79. The zero-order chi connectivity index (χ0) is 27.3. The summed E-state index contributed by atoms with van der Waals surface area (Å²) >= 11 is 6.28. The van der Waals surface area contributed by atoms with Gasteiger partial charge in [-0.05, 0) is 49.9 Å². The van der Waals surface area contributed by atoms with Crippen LogP contribution in [0, 0.1) is 25.7 Å². The SMILES string of the molecule is Cc1ccc(CN2C(=O)C3C(C(=O)Nc4ccc(C)c(Cl)c4)C4C=CC3(O4)C2C(=O)NC2CCCCC2)cc1. The van der Waals surface area contributed by atoms with Crippen molar-refractivity contribution in [2.24, 2.45) is 11.8 Å². The van der Waals surface area contributed by atoms with E-state index in [2.05, 4.69) is 10.6 Å². The number of nitrogens with zero attached hydrogens (tertiary/aromatic N) is 1. The molecule has 0 radical (unpaired) electrons. The minimum absolute atomic E-state index is 0.0889. The second kappa shape index (κ2) is 10.1. The van der Waals surface area contributed by atoms with E-state index in [1.54, 1.807) is 17.0 Å². The lowest BCUT2D eigenvalue weighted by Gasteiger charge is -2.34. The zero-order valence-electron chi connectivity index (χ0n) is 22.3. The number of likely N-dealkylation sites (tertiary alicyclic amines) is 1. The second-order valence-corrected chi connectivity index (χ2v) is 11.9. The van der Waals surface area contributed by atoms with Crippen LogP contribution in [0.5, 0.6) is 0 Å². The van der Waals surface area contributed by atoms with Gasteiger partial charge in [-0.3, -0.25) is 14.4 Å². The molecule has 2 bridgehead atoms. The normalized spacial score (nSPS) is 29.5. The smallest absolute Gasteiger partial charge is 0.246 e. The van der Waals surface area contributed by atoms with Crippen molar-refractivity contribution in [1.29, 1.82) is 0 Å². The molecule has 1 saturated carbocycles. The first-order chi connectivity index (χ1) is 18.8. The molecule has 7 nitrogen and oxygen atoms in total. The Bertz CT molecular complexity index is 1340. The molecule has 1 spiro atoms. The quantitative estimate of drug-likeness (QED) is 0.513. The number of nitrogens with one attached hydrogen (secondary N) is 2. The van der Waals surface area contributed by atoms with Crippen molar-refractivity contribution in [3.8, 4) is 0 Å². The van der Waals surface area contributed by atoms with Gasteiger partial charge in [0, 0.05) is 23.3 Å². The van der Waals surface area contributed by atoms with Crippen LogP contribution in [0.3, 0.4) is 0 Å². The lowest BCUT2D eigenvalue weighted by Crippen LogP contribution is -2.56. The average molecular weight is 548 g/mol. The molecular formula is C31H34ClN3O4. The van der Waals surface area contributed by atoms with Crippen molar-refractivity contribution >= 4 is 35.0 Å². The van der Waals surface area contributed by atoms with E-state index in [1.807, 2.05) is 56.3 Å². The first-order valence-corrected chi connectivity index (χ1v) is 14.3. The molecule has 8 heteroatoms. The van der Waals surface area contributed by atoms with Crippen LogP contribution < -0.4 is 10.6 Å². The van der Waals surface area contributed by atoms with Gasteiger partial charge in [0.2, 0.25) is 17.7 Å². The van der Waals surface area contributed by atoms with Gasteiger partial charge in [-0.2, -0.15) is 0 Å². The topological polar surface area (TPSA) is 87.7 Å². The van der Waals surface area contributed by atoms with Gasteiger partial charge < -0.3 is 20.3 Å². The Kier molecular flexibility index (Phi) is 6.76. The summed E-state index contributed by atoms with van der Waals surface area (Å²) in [5.74, 6) is -2.29. The monoisotopic (exact) mass is 547 g/mol. The highest BCUT2D eigenvalue weighted by Gasteiger charge is 2.72. The first kappa shape index (κ1) is 26.1. The van der Waals surface area contributed by atoms with Gasteiger partial charge in [-0.15, -0.1) is 0 Å². The van der Waals surface area contributed by atoms with E-state index in [-0.39, 0.29) is 30.3 Å². The predicted octanol–water partition coefficient (Wildman–Crippen LogP) is 4.70. The maximum absolute atomic E-state index is 14.1. The molecule has 2 saturated heterocycles.